The molecule has 0 aliphatic heterocycles. The highest BCUT2D eigenvalue weighted by Gasteiger charge is 2.31. The molecule has 0 spiro atoms. The second kappa shape index (κ2) is 5.87. The van der Waals surface area contributed by atoms with E-state index in [9.17, 15) is 13.2 Å². The van der Waals surface area contributed by atoms with Crippen molar-refractivity contribution in [2.45, 2.75) is 13.1 Å². The summed E-state index contributed by atoms with van der Waals surface area (Å²) in [5.41, 5.74) is 0.415. The zero-order valence-electron chi connectivity index (χ0n) is 10.7. The van der Waals surface area contributed by atoms with Gasteiger partial charge < -0.3 is 4.74 Å². The second-order valence-electron chi connectivity index (χ2n) is 4.12. The molecule has 0 aliphatic rings. The fourth-order valence-electron chi connectivity index (χ4n) is 1.88. The number of alkyl halides is 3. The third-order valence-corrected chi connectivity index (χ3v) is 3.46. The van der Waals surface area contributed by atoms with Crippen LogP contribution in [0.1, 0.15) is 12.5 Å². The van der Waals surface area contributed by atoms with Crippen LogP contribution in [0.2, 0.25) is 0 Å². The summed E-state index contributed by atoms with van der Waals surface area (Å²) in [6, 6.07) is 10.6. The fraction of sp³-hybridized carbons (Fsp3) is 0.200. The van der Waals surface area contributed by atoms with Crippen LogP contribution in [0, 0.1) is 0 Å². The van der Waals surface area contributed by atoms with Crippen molar-refractivity contribution >= 4 is 15.9 Å². The van der Waals surface area contributed by atoms with Crippen molar-refractivity contribution in [1.82, 2.24) is 0 Å². The maximum absolute atomic E-state index is 12.8. The van der Waals surface area contributed by atoms with Crippen molar-refractivity contribution in [2.24, 2.45) is 0 Å². The van der Waals surface area contributed by atoms with Gasteiger partial charge in [-0.15, -0.1) is 0 Å². The molecule has 5 heteroatoms. The van der Waals surface area contributed by atoms with E-state index < -0.39 is 11.7 Å². The Balaban J connectivity index is 2.57. The van der Waals surface area contributed by atoms with Gasteiger partial charge >= 0.3 is 6.18 Å². The van der Waals surface area contributed by atoms with Crippen LogP contribution < -0.4 is 4.74 Å². The fourth-order valence-corrected chi connectivity index (χ4v) is 2.34. The Morgan fingerprint density at radius 1 is 1.05 bits per heavy atom. The van der Waals surface area contributed by atoms with Gasteiger partial charge in [-0.3, -0.25) is 0 Å². The summed E-state index contributed by atoms with van der Waals surface area (Å²) in [6.45, 7) is 2.28. The van der Waals surface area contributed by atoms with Gasteiger partial charge in [-0.2, -0.15) is 13.2 Å². The highest BCUT2D eigenvalue weighted by Crippen LogP contribution is 2.39. The van der Waals surface area contributed by atoms with Crippen molar-refractivity contribution in [3.8, 4) is 16.9 Å². The average Bonchev–Trinajstić information content (AvgIpc) is 2.39. The number of halogens is 4. The Morgan fingerprint density at radius 3 is 2.40 bits per heavy atom. The van der Waals surface area contributed by atoms with Gasteiger partial charge in [0, 0.05) is 15.6 Å². The first-order valence-corrected chi connectivity index (χ1v) is 6.81. The van der Waals surface area contributed by atoms with Crippen LogP contribution in [-0.2, 0) is 6.18 Å². The van der Waals surface area contributed by atoms with Gasteiger partial charge in [0.15, 0.2) is 0 Å². The van der Waals surface area contributed by atoms with Gasteiger partial charge in [-0.1, -0.05) is 34.1 Å². The molecule has 2 aromatic rings. The van der Waals surface area contributed by atoms with Crippen LogP contribution in [0.5, 0.6) is 5.75 Å². The zero-order chi connectivity index (χ0) is 14.8. The van der Waals surface area contributed by atoms with Crippen molar-refractivity contribution in [1.29, 1.82) is 0 Å². The molecule has 2 rings (SSSR count). The monoisotopic (exact) mass is 344 g/mol. The van der Waals surface area contributed by atoms with Gasteiger partial charge in [0.05, 0.1) is 12.2 Å². The van der Waals surface area contributed by atoms with Gasteiger partial charge in [-0.25, -0.2) is 0 Å². The first-order chi connectivity index (χ1) is 9.43. The number of ether oxygens (including phenoxy) is 1. The van der Waals surface area contributed by atoms with E-state index in [1.807, 2.05) is 6.92 Å². The highest BCUT2D eigenvalue weighted by atomic mass is 79.9. The first kappa shape index (κ1) is 14.9. The number of hydrogen-bond acceptors (Lipinski definition) is 1. The van der Waals surface area contributed by atoms with Crippen LogP contribution in [0.4, 0.5) is 13.2 Å². The largest absolute Gasteiger partial charge is 0.493 e. The third kappa shape index (κ3) is 3.15. The molecular weight excluding hydrogens is 333 g/mol. The molecule has 106 valence electrons. The van der Waals surface area contributed by atoms with Crippen molar-refractivity contribution in [2.75, 3.05) is 6.61 Å². The molecule has 1 nitrogen and oxygen atoms in total. The SMILES string of the molecule is CCOc1ccccc1-c1cc(C(F)(F)F)ccc1Br. The van der Waals surface area contributed by atoms with Crippen LogP contribution >= 0.6 is 15.9 Å². The molecule has 0 fully saturated rings. The number of benzene rings is 2. The average molecular weight is 345 g/mol. The van der Waals surface area contributed by atoms with Crippen LogP contribution in [-0.4, -0.2) is 6.61 Å². The van der Waals surface area contributed by atoms with Gasteiger partial charge in [0.1, 0.15) is 5.75 Å². The number of para-hydroxylation sites is 1. The molecule has 0 aromatic heterocycles. The molecule has 0 heterocycles. The van der Waals surface area contributed by atoms with Gasteiger partial charge in [0.25, 0.3) is 0 Å². The highest BCUT2D eigenvalue weighted by molar-refractivity contribution is 9.10. The van der Waals surface area contributed by atoms with Gasteiger partial charge in [-0.05, 0) is 31.2 Å². The number of rotatable bonds is 3. The quantitative estimate of drug-likeness (QED) is 0.710. The molecule has 0 unspecified atom stereocenters. The standard InChI is InChI=1S/C15H12BrF3O/c1-2-20-14-6-4-3-5-11(14)12-9-10(15(17,18)19)7-8-13(12)16/h3-9H,2H2,1H3. The lowest BCUT2D eigenvalue weighted by Gasteiger charge is -2.14. The second-order valence-corrected chi connectivity index (χ2v) is 4.98. The minimum Gasteiger partial charge on any atom is -0.493 e. The lowest BCUT2D eigenvalue weighted by Crippen LogP contribution is -2.05. The molecule has 0 N–H and O–H groups in total. The lowest BCUT2D eigenvalue weighted by atomic mass is 10.0. The molecule has 0 saturated heterocycles. The van der Waals surface area contributed by atoms with E-state index >= 15 is 0 Å². The van der Waals surface area contributed by atoms with Crippen molar-refractivity contribution in [3.63, 3.8) is 0 Å². The van der Waals surface area contributed by atoms with Crippen LogP contribution in [0.15, 0.2) is 46.9 Å². The summed E-state index contributed by atoms with van der Waals surface area (Å²) >= 11 is 3.30. The molecule has 0 radical (unpaired) electrons. The normalized spacial score (nSPS) is 11.4. The summed E-state index contributed by atoms with van der Waals surface area (Å²) in [7, 11) is 0. The van der Waals surface area contributed by atoms with Crippen LogP contribution in [0.3, 0.4) is 0 Å². The summed E-state index contributed by atoms with van der Waals surface area (Å²) < 4.78 is 44.5. The molecule has 0 saturated carbocycles. The van der Waals surface area contributed by atoms with Crippen molar-refractivity contribution in [3.05, 3.63) is 52.5 Å². The van der Waals surface area contributed by atoms with E-state index in [0.29, 0.717) is 28.0 Å². The maximum Gasteiger partial charge on any atom is 0.416 e. The Morgan fingerprint density at radius 2 is 1.75 bits per heavy atom. The Hall–Kier alpha value is -1.49. The van der Waals surface area contributed by atoms with E-state index in [0.717, 1.165) is 12.1 Å². The Bertz CT molecular complexity index is 608. The molecule has 2 aromatic carbocycles. The lowest BCUT2D eigenvalue weighted by molar-refractivity contribution is -0.137. The third-order valence-electron chi connectivity index (χ3n) is 2.77. The maximum atomic E-state index is 12.8. The molecule has 0 atom stereocenters. The summed E-state index contributed by atoms with van der Waals surface area (Å²) in [6.07, 6.45) is -4.37. The predicted octanol–water partition coefficient (Wildman–Crippen LogP) is 5.53. The van der Waals surface area contributed by atoms with E-state index in [4.69, 9.17) is 4.74 Å². The summed E-state index contributed by atoms with van der Waals surface area (Å²) in [5.74, 6) is 0.565. The van der Waals surface area contributed by atoms with E-state index in [1.165, 1.54) is 6.07 Å². The smallest absolute Gasteiger partial charge is 0.416 e. The minimum absolute atomic E-state index is 0.452. The predicted molar refractivity (Wildman–Crippen MR) is 75.7 cm³/mol. The van der Waals surface area contributed by atoms with Crippen LogP contribution in [0.25, 0.3) is 11.1 Å². The number of hydrogen-bond donors (Lipinski definition) is 0. The molecule has 0 amide bonds. The molecular formula is C15H12BrF3O. The minimum atomic E-state index is -4.37. The van der Waals surface area contributed by atoms with E-state index in [-0.39, 0.29) is 0 Å². The Labute approximate surface area is 123 Å². The van der Waals surface area contributed by atoms with E-state index in [1.54, 1.807) is 24.3 Å². The molecule has 0 aliphatic carbocycles. The molecule has 20 heavy (non-hydrogen) atoms. The van der Waals surface area contributed by atoms with E-state index in [2.05, 4.69) is 15.9 Å². The zero-order valence-corrected chi connectivity index (χ0v) is 12.3. The van der Waals surface area contributed by atoms with Crippen molar-refractivity contribution < 1.29 is 17.9 Å². The summed E-state index contributed by atoms with van der Waals surface area (Å²) in [4.78, 5) is 0. The molecule has 0 bridgehead atoms. The summed E-state index contributed by atoms with van der Waals surface area (Å²) in [5, 5.41) is 0. The van der Waals surface area contributed by atoms with Gasteiger partial charge in [0.2, 0.25) is 0 Å². The topological polar surface area (TPSA) is 9.23 Å². The first-order valence-electron chi connectivity index (χ1n) is 6.02. The Kier molecular flexibility index (Phi) is 4.38.